The van der Waals surface area contributed by atoms with Gasteiger partial charge in [-0.25, -0.2) is 0 Å². The molecule has 0 aliphatic carbocycles. The molecule has 0 unspecified atom stereocenters. The Hall–Kier alpha value is -0.0400. The van der Waals surface area contributed by atoms with E-state index in [1.807, 2.05) is 0 Å². The Kier molecular flexibility index (Phi) is 34.9. The van der Waals surface area contributed by atoms with Crippen molar-refractivity contribution in [1.82, 2.24) is 5.32 Å². The smallest absolute Gasteiger partial charge is 0.00489 e. The Morgan fingerprint density at radius 3 is 0.583 bits per heavy atom. The monoisotopic (exact) mass is 508 g/mol. The van der Waals surface area contributed by atoms with E-state index in [2.05, 4.69) is 19.2 Å². The summed E-state index contributed by atoms with van der Waals surface area (Å²) < 4.78 is 0. The van der Waals surface area contributed by atoms with Crippen molar-refractivity contribution in [3.05, 3.63) is 0 Å². The molecule has 0 aliphatic heterocycles. The van der Waals surface area contributed by atoms with Crippen LogP contribution in [-0.4, -0.2) is 13.1 Å². The van der Waals surface area contributed by atoms with Gasteiger partial charge < -0.3 is 5.32 Å². The van der Waals surface area contributed by atoms with Crippen LogP contribution in [0.4, 0.5) is 0 Å². The van der Waals surface area contributed by atoms with Crippen molar-refractivity contribution < 1.29 is 0 Å². The summed E-state index contributed by atoms with van der Waals surface area (Å²) in [5, 5.41) is 3.68. The van der Waals surface area contributed by atoms with Crippen LogP contribution in [0, 0.1) is 0 Å². The Morgan fingerprint density at radius 2 is 0.389 bits per heavy atom. The van der Waals surface area contributed by atoms with Crippen LogP contribution in [0.3, 0.4) is 0 Å². The first kappa shape index (κ1) is 36.0. The van der Waals surface area contributed by atoms with Gasteiger partial charge in [0.25, 0.3) is 0 Å². The van der Waals surface area contributed by atoms with Crippen LogP contribution in [-0.2, 0) is 0 Å². The molecule has 0 radical (unpaired) electrons. The summed E-state index contributed by atoms with van der Waals surface area (Å²) in [7, 11) is 0. The van der Waals surface area contributed by atoms with Crippen LogP contribution >= 0.6 is 0 Å². The fraction of sp³-hybridized carbons (Fsp3) is 1.00. The maximum Gasteiger partial charge on any atom is -0.00489 e. The lowest BCUT2D eigenvalue weighted by Crippen LogP contribution is -2.16. The van der Waals surface area contributed by atoms with Crippen LogP contribution in [0.5, 0.6) is 0 Å². The quantitative estimate of drug-likeness (QED) is 0.0870. The topological polar surface area (TPSA) is 12.0 Å². The molecule has 0 aromatic heterocycles. The average Bonchev–Trinajstić information content (AvgIpc) is 2.89. The zero-order chi connectivity index (χ0) is 26.0. The van der Waals surface area contributed by atoms with Crippen LogP contribution in [0.15, 0.2) is 0 Å². The Bertz CT molecular complexity index is 319. The third-order valence-corrected chi connectivity index (χ3v) is 8.16. The standard InChI is InChI=1S/C35H73N/c1-3-5-7-9-11-13-15-17-18-19-20-21-23-25-27-29-31-33-35-36-34-32-30-28-26-24-22-16-14-12-10-8-6-4-2/h36H,3-35H2,1-2H3. The summed E-state index contributed by atoms with van der Waals surface area (Å²) in [6.45, 7) is 7.10. The predicted molar refractivity (Wildman–Crippen MR) is 167 cm³/mol. The van der Waals surface area contributed by atoms with Crippen LogP contribution < -0.4 is 5.32 Å². The maximum atomic E-state index is 3.68. The van der Waals surface area contributed by atoms with Gasteiger partial charge in [0.1, 0.15) is 0 Å². The van der Waals surface area contributed by atoms with Gasteiger partial charge in [0, 0.05) is 0 Å². The largest absolute Gasteiger partial charge is 0.317 e. The highest BCUT2D eigenvalue weighted by molar-refractivity contribution is 4.54. The molecule has 0 saturated heterocycles. The van der Waals surface area contributed by atoms with Gasteiger partial charge in [0.2, 0.25) is 0 Å². The van der Waals surface area contributed by atoms with Crippen molar-refractivity contribution in [2.45, 2.75) is 213 Å². The molecule has 0 aromatic carbocycles. The normalized spacial score (nSPS) is 11.5. The Balaban J connectivity index is 3.00. The lowest BCUT2D eigenvalue weighted by Gasteiger charge is -2.06. The molecule has 218 valence electrons. The van der Waals surface area contributed by atoms with Crippen LogP contribution in [0.25, 0.3) is 0 Å². The van der Waals surface area contributed by atoms with E-state index in [1.165, 1.54) is 212 Å². The zero-order valence-electron chi connectivity index (χ0n) is 25.8. The molecular weight excluding hydrogens is 434 g/mol. The minimum absolute atomic E-state index is 1.25. The van der Waals surface area contributed by atoms with Crippen LogP contribution in [0.1, 0.15) is 213 Å². The molecule has 1 heteroatoms. The second-order valence-corrected chi connectivity index (χ2v) is 12.0. The summed E-state index contributed by atoms with van der Waals surface area (Å²) in [5.74, 6) is 0. The molecule has 0 atom stereocenters. The molecule has 0 amide bonds. The van der Waals surface area contributed by atoms with E-state index in [-0.39, 0.29) is 0 Å². The first-order valence-electron chi connectivity index (χ1n) is 17.6. The number of rotatable bonds is 33. The fourth-order valence-electron chi connectivity index (χ4n) is 5.54. The number of nitrogens with one attached hydrogen (secondary N) is 1. The van der Waals surface area contributed by atoms with E-state index in [0.29, 0.717) is 0 Å². The first-order valence-corrected chi connectivity index (χ1v) is 17.6. The Morgan fingerprint density at radius 1 is 0.222 bits per heavy atom. The molecule has 0 rings (SSSR count). The second kappa shape index (κ2) is 35.0. The van der Waals surface area contributed by atoms with E-state index in [4.69, 9.17) is 0 Å². The highest BCUT2D eigenvalue weighted by Crippen LogP contribution is 2.15. The first-order chi connectivity index (χ1) is 17.9. The van der Waals surface area contributed by atoms with Gasteiger partial charge in [-0.2, -0.15) is 0 Å². The van der Waals surface area contributed by atoms with Gasteiger partial charge in [-0.3, -0.25) is 0 Å². The average molecular weight is 508 g/mol. The lowest BCUT2D eigenvalue weighted by molar-refractivity contribution is 0.516. The van der Waals surface area contributed by atoms with E-state index < -0.39 is 0 Å². The number of hydrogen-bond acceptors (Lipinski definition) is 1. The van der Waals surface area contributed by atoms with E-state index >= 15 is 0 Å². The molecule has 1 N–H and O–H groups in total. The molecular formula is C35H73N. The summed E-state index contributed by atoms with van der Waals surface area (Å²) >= 11 is 0. The molecule has 0 heterocycles. The third-order valence-electron chi connectivity index (χ3n) is 8.16. The minimum atomic E-state index is 1.25. The summed E-state index contributed by atoms with van der Waals surface area (Å²) in [6.07, 6.45) is 45.2. The SMILES string of the molecule is CCCCCCCCCCCCCCCCCCCCNCCCCCCCCCCCCCCC. The van der Waals surface area contributed by atoms with Gasteiger partial charge >= 0.3 is 0 Å². The van der Waals surface area contributed by atoms with Gasteiger partial charge in [0.05, 0.1) is 0 Å². The molecule has 0 spiro atoms. The van der Waals surface area contributed by atoms with E-state index in [0.717, 1.165) is 0 Å². The van der Waals surface area contributed by atoms with Crippen molar-refractivity contribution in [3.63, 3.8) is 0 Å². The summed E-state index contributed by atoms with van der Waals surface area (Å²) in [6, 6.07) is 0. The molecule has 0 aliphatic rings. The van der Waals surface area contributed by atoms with E-state index in [9.17, 15) is 0 Å². The van der Waals surface area contributed by atoms with Crippen molar-refractivity contribution in [2.75, 3.05) is 13.1 Å². The molecule has 36 heavy (non-hydrogen) atoms. The fourth-order valence-corrected chi connectivity index (χ4v) is 5.54. The molecule has 0 saturated carbocycles. The van der Waals surface area contributed by atoms with Gasteiger partial charge in [-0.15, -0.1) is 0 Å². The highest BCUT2D eigenvalue weighted by atomic mass is 14.8. The van der Waals surface area contributed by atoms with Gasteiger partial charge in [-0.05, 0) is 25.9 Å². The predicted octanol–water partition coefficient (Wildman–Crippen LogP) is 12.7. The zero-order valence-corrected chi connectivity index (χ0v) is 25.8. The maximum absolute atomic E-state index is 3.68. The van der Waals surface area contributed by atoms with Crippen molar-refractivity contribution in [1.29, 1.82) is 0 Å². The molecule has 0 bridgehead atoms. The lowest BCUT2D eigenvalue weighted by atomic mass is 10.0. The van der Waals surface area contributed by atoms with Gasteiger partial charge in [-0.1, -0.05) is 200 Å². The minimum Gasteiger partial charge on any atom is -0.317 e. The molecule has 0 fully saturated rings. The highest BCUT2D eigenvalue weighted by Gasteiger charge is 1.96. The van der Waals surface area contributed by atoms with Crippen molar-refractivity contribution in [2.24, 2.45) is 0 Å². The Labute approximate surface area is 231 Å². The third kappa shape index (κ3) is 34.0. The molecule has 0 aromatic rings. The summed E-state index contributed by atoms with van der Waals surface area (Å²) in [5.41, 5.74) is 0. The van der Waals surface area contributed by atoms with Gasteiger partial charge in [0.15, 0.2) is 0 Å². The van der Waals surface area contributed by atoms with Crippen molar-refractivity contribution in [3.8, 4) is 0 Å². The summed E-state index contributed by atoms with van der Waals surface area (Å²) in [4.78, 5) is 0. The van der Waals surface area contributed by atoms with Crippen LogP contribution in [0.2, 0.25) is 0 Å². The second-order valence-electron chi connectivity index (χ2n) is 12.0. The number of hydrogen-bond donors (Lipinski definition) is 1. The van der Waals surface area contributed by atoms with E-state index in [1.54, 1.807) is 0 Å². The number of unbranched alkanes of at least 4 members (excludes halogenated alkanes) is 29. The van der Waals surface area contributed by atoms with Crippen molar-refractivity contribution >= 4 is 0 Å². The molecule has 1 nitrogen and oxygen atoms in total.